The zero-order chi connectivity index (χ0) is 20.3. The van der Waals surface area contributed by atoms with Gasteiger partial charge in [0.1, 0.15) is 5.58 Å². The maximum atomic E-state index is 13.0. The predicted octanol–water partition coefficient (Wildman–Crippen LogP) is 4.38. The van der Waals surface area contributed by atoms with Crippen molar-refractivity contribution < 1.29 is 23.5 Å². The molecule has 0 saturated heterocycles. The Morgan fingerprint density at radius 3 is 2.46 bits per heavy atom. The number of furan rings is 1. The van der Waals surface area contributed by atoms with E-state index in [1.54, 1.807) is 42.5 Å². The summed E-state index contributed by atoms with van der Waals surface area (Å²) in [4.78, 5) is 35.9. The Bertz CT molecular complexity index is 1050. The fourth-order valence-electron chi connectivity index (χ4n) is 2.92. The number of carbonyl (C=O) groups is 3. The summed E-state index contributed by atoms with van der Waals surface area (Å²) in [6.45, 7) is 1.41. The molecule has 2 aromatic carbocycles. The normalized spacial score (nSPS) is 10.7. The number of aryl methyl sites for hydroxylation is 1. The molecule has 0 spiro atoms. The Kier molecular flexibility index (Phi) is 5.80. The monoisotopic (exact) mass is 399 g/mol. The number of benzene rings is 2. The van der Waals surface area contributed by atoms with Crippen molar-refractivity contribution in [2.24, 2.45) is 0 Å². The second kappa shape index (κ2) is 8.27. The van der Waals surface area contributed by atoms with Crippen molar-refractivity contribution >= 4 is 45.9 Å². The van der Waals surface area contributed by atoms with Crippen LogP contribution in [0, 0.1) is 0 Å². The standard InChI is InChI=1S/C21H18ClNO5/c1-12(24)23-15-7-8-16-17(9-10-19(25)27-2)21(28-18(16)11-15)20(26)13-3-5-14(22)6-4-13/h3-8,11H,9-10H2,1-2H3,(H,23,24). The summed E-state index contributed by atoms with van der Waals surface area (Å²) in [5, 5.41) is 3.90. The summed E-state index contributed by atoms with van der Waals surface area (Å²) in [7, 11) is 1.31. The molecule has 3 rings (SSSR count). The second-order valence-corrected chi connectivity index (χ2v) is 6.65. The number of anilines is 1. The van der Waals surface area contributed by atoms with Crippen molar-refractivity contribution in [2.75, 3.05) is 12.4 Å². The van der Waals surface area contributed by atoms with Crippen LogP contribution < -0.4 is 5.32 Å². The van der Waals surface area contributed by atoms with E-state index in [1.165, 1.54) is 14.0 Å². The van der Waals surface area contributed by atoms with E-state index >= 15 is 0 Å². The van der Waals surface area contributed by atoms with Crippen LogP contribution in [0.15, 0.2) is 46.9 Å². The maximum absolute atomic E-state index is 13.0. The number of nitrogens with one attached hydrogen (secondary N) is 1. The number of hydrogen-bond donors (Lipinski definition) is 1. The number of carbonyl (C=O) groups excluding carboxylic acids is 3. The van der Waals surface area contributed by atoms with Crippen LogP contribution in [0.2, 0.25) is 5.02 Å². The van der Waals surface area contributed by atoms with Crippen molar-refractivity contribution in [1.29, 1.82) is 0 Å². The van der Waals surface area contributed by atoms with Gasteiger partial charge in [-0.25, -0.2) is 0 Å². The van der Waals surface area contributed by atoms with Gasteiger partial charge in [0.15, 0.2) is 5.76 Å². The number of methoxy groups -OCH3 is 1. The van der Waals surface area contributed by atoms with Gasteiger partial charge in [0, 0.05) is 46.6 Å². The van der Waals surface area contributed by atoms with Crippen molar-refractivity contribution in [2.45, 2.75) is 19.8 Å². The van der Waals surface area contributed by atoms with Gasteiger partial charge < -0.3 is 14.5 Å². The number of ether oxygens (including phenoxy) is 1. The van der Waals surface area contributed by atoms with E-state index in [0.717, 1.165) is 0 Å². The highest BCUT2D eigenvalue weighted by Crippen LogP contribution is 2.31. The van der Waals surface area contributed by atoms with E-state index in [2.05, 4.69) is 5.32 Å². The minimum Gasteiger partial charge on any atom is -0.469 e. The fraction of sp³-hybridized carbons (Fsp3) is 0.190. The third-order valence-corrected chi connectivity index (χ3v) is 4.48. The molecule has 6 nitrogen and oxygen atoms in total. The number of rotatable bonds is 6. The van der Waals surface area contributed by atoms with Crippen LogP contribution in [0.1, 0.15) is 35.0 Å². The predicted molar refractivity (Wildman–Crippen MR) is 106 cm³/mol. The third-order valence-electron chi connectivity index (χ3n) is 4.23. The summed E-state index contributed by atoms with van der Waals surface area (Å²) >= 11 is 5.90. The van der Waals surface area contributed by atoms with Crippen molar-refractivity contribution in [3.05, 3.63) is 64.4 Å². The molecule has 144 valence electrons. The molecular weight excluding hydrogens is 382 g/mol. The third kappa shape index (κ3) is 4.23. The van der Waals surface area contributed by atoms with Gasteiger partial charge in [-0.15, -0.1) is 0 Å². The van der Waals surface area contributed by atoms with Gasteiger partial charge in [-0.2, -0.15) is 0 Å². The molecule has 0 unspecified atom stereocenters. The first-order valence-corrected chi connectivity index (χ1v) is 8.97. The van der Waals surface area contributed by atoms with Crippen LogP contribution in [0.4, 0.5) is 5.69 Å². The van der Waals surface area contributed by atoms with E-state index in [4.69, 9.17) is 20.8 Å². The van der Waals surface area contributed by atoms with E-state index < -0.39 is 0 Å². The number of esters is 1. The number of hydrogen-bond acceptors (Lipinski definition) is 5. The molecule has 1 amide bonds. The highest BCUT2D eigenvalue weighted by Gasteiger charge is 2.23. The summed E-state index contributed by atoms with van der Waals surface area (Å²) in [5.74, 6) is -0.751. The lowest BCUT2D eigenvalue weighted by atomic mass is 10.0. The number of ketones is 1. The first kappa shape index (κ1) is 19.6. The average Bonchev–Trinajstić information content (AvgIpc) is 3.03. The molecule has 0 atom stereocenters. The molecule has 28 heavy (non-hydrogen) atoms. The molecule has 1 heterocycles. The molecule has 0 aliphatic carbocycles. The van der Waals surface area contributed by atoms with Crippen LogP contribution >= 0.6 is 11.6 Å². The highest BCUT2D eigenvalue weighted by molar-refractivity contribution is 6.30. The molecule has 0 saturated carbocycles. The van der Waals surface area contributed by atoms with Crippen molar-refractivity contribution in [1.82, 2.24) is 0 Å². The lowest BCUT2D eigenvalue weighted by Gasteiger charge is -2.03. The second-order valence-electron chi connectivity index (χ2n) is 6.21. The van der Waals surface area contributed by atoms with Gasteiger partial charge in [-0.1, -0.05) is 11.6 Å². The lowest BCUT2D eigenvalue weighted by molar-refractivity contribution is -0.140. The minimum absolute atomic E-state index is 0.111. The molecule has 0 aliphatic heterocycles. The van der Waals surface area contributed by atoms with Crippen LogP contribution in [0.3, 0.4) is 0 Å². The average molecular weight is 400 g/mol. The van der Waals surface area contributed by atoms with E-state index in [1.807, 2.05) is 0 Å². The number of halogens is 1. The molecule has 3 aromatic rings. The quantitative estimate of drug-likeness (QED) is 0.491. The number of amides is 1. The Labute approximate surface area is 166 Å². The van der Waals surface area contributed by atoms with Gasteiger partial charge in [-0.3, -0.25) is 14.4 Å². The molecule has 1 N–H and O–H groups in total. The van der Waals surface area contributed by atoms with Crippen LogP contribution in [0.25, 0.3) is 11.0 Å². The molecule has 0 radical (unpaired) electrons. The Balaban J connectivity index is 2.06. The molecule has 0 bridgehead atoms. The van der Waals surface area contributed by atoms with Gasteiger partial charge in [-0.05, 0) is 42.8 Å². The Morgan fingerprint density at radius 1 is 1.11 bits per heavy atom. The Morgan fingerprint density at radius 2 is 1.82 bits per heavy atom. The minimum atomic E-state index is -0.380. The van der Waals surface area contributed by atoms with E-state index in [-0.39, 0.29) is 36.3 Å². The maximum Gasteiger partial charge on any atom is 0.305 e. The van der Waals surface area contributed by atoms with Crippen molar-refractivity contribution in [3.8, 4) is 0 Å². The van der Waals surface area contributed by atoms with Gasteiger partial charge in [0.2, 0.25) is 11.7 Å². The summed E-state index contributed by atoms with van der Waals surface area (Å²) < 4.78 is 10.6. The summed E-state index contributed by atoms with van der Waals surface area (Å²) in [5.41, 5.74) is 2.04. The van der Waals surface area contributed by atoms with Crippen LogP contribution in [0.5, 0.6) is 0 Å². The first-order valence-electron chi connectivity index (χ1n) is 8.59. The van der Waals surface area contributed by atoms with Crippen molar-refractivity contribution in [3.63, 3.8) is 0 Å². The smallest absolute Gasteiger partial charge is 0.305 e. The molecule has 1 aromatic heterocycles. The lowest BCUT2D eigenvalue weighted by Crippen LogP contribution is -2.06. The van der Waals surface area contributed by atoms with Gasteiger partial charge in [0.25, 0.3) is 0 Å². The first-order chi connectivity index (χ1) is 13.4. The van der Waals surface area contributed by atoms with E-state index in [9.17, 15) is 14.4 Å². The largest absolute Gasteiger partial charge is 0.469 e. The van der Waals surface area contributed by atoms with Crippen LogP contribution in [-0.4, -0.2) is 24.8 Å². The zero-order valence-corrected chi connectivity index (χ0v) is 16.1. The summed E-state index contributed by atoms with van der Waals surface area (Å²) in [6, 6.07) is 11.6. The highest BCUT2D eigenvalue weighted by atomic mass is 35.5. The molecular formula is C21H18ClNO5. The molecule has 0 aliphatic rings. The fourth-order valence-corrected chi connectivity index (χ4v) is 3.05. The SMILES string of the molecule is COC(=O)CCc1c(C(=O)c2ccc(Cl)cc2)oc2cc(NC(C)=O)ccc12. The van der Waals surface area contributed by atoms with Gasteiger partial charge in [0.05, 0.1) is 7.11 Å². The summed E-state index contributed by atoms with van der Waals surface area (Å²) in [6.07, 6.45) is 0.396. The van der Waals surface area contributed by atoms with E-state index in [0.29, 0.717) is 32.8 Å². The number of fused-ring (bicyclic) bond motifs is 1. The Hall–Kier alpha value is -3.12. The molecule has 0 fully saturated rings. The zero-order valence-electron chi connectivity index (χ0n) is 15.4. The van der Waals surface area contributed by atoms with Crippen LogP contribution in [-0.2, 0) is 20.7 Å². The topological polar surface area (TPSA) is 85.6 Å². The van der Waals surface area contributed by atoms with Gasteiger partial charge >= 0.3 is 5.97 Å². The molecule has 7 heteroatoms.